The highest BCUT2D eigenvalue weighted by atomic mass is 16.2. The molecule has 0 atom stereocenters. The number of anilines is 1. The molecule has 6 heteroatoms. The Balaban J connectivity index is 1.91. The van der Waals surface area contributed by atoms with Gasteiger partial charge in [-0.3, -0.25) is 14.4 Å². The second-order valence-corrected chi connectivity index (χ2v) is 6.84. The molecule has 1 heterocycles. The lowest BCUT2D eigenvalue weighted by atomic mass is 10.1. The Morgan fingerprint density at radius 1 is 0.960 bits per heavy atom. The molecule has 0 aromatic heterocycles. The minimum Gasteiger partial charge on any atom is -0.348 e. The molecule has 1 aliphatic heterocycles. The first-order chi connectivity index (χ1) is 12.0. The molecule has 0 saturated carbocycles. The monoisotopic (exact) mass is 345 g/mol. The van der Waals surface area contributed by atoms with Crippen molar-refractivity contribution < 1.29 is 14.4 Å². The zero-order chi connectivity index (χ0) is 18.2. The summed E-state index contributed by atoms with van der Waals surface area (Å²) in [7, 11) is 0. The number of hydrogen-bond donors (Lipinski definition) is 2. The van der Waals surface area contributed by atoms with Crippen molar-refractivity contribution in [2.24, 2.45) is 5.92 Å². The SMILES string of the molecule is CC(C)CNC(=O)C(=O)Nc1ccc(C(=O)N2CCCCCC2)cc1. The van der Waals surface area contributed by atoms with Crippen LogP contribution in [0.5, 0.6) is 0 Å². The molecule has 0 radical (unpaired) electrons. The van der Waals surface area contributed by atoms with Gasteiger partial charge in [0.2, 0.25) is 0 Å². The van der Waals surface area contributed by atoms with Crippen molar-refractivity contribution in [1.29, 1.82) is 0 Å². The van der Waals surface area contributed by atoms with E-state index < -0.39 is 11.8 Å². The lowest BCUT2D eigenvalue weighted by molar-refractivity contribution is -0.136. The van der Waals surface area contributed by atoms with E-state index in [1.54, 1.807) is 24.3 Å². The van der Waals surface area contributed by atoms with Crippen LogP contribution in [-0.4, -0.2) is 42.3 Å². The van der Waals surface area contributed by atoms with Gasteiger partial charge in [-0.25, -0.2) is 0 Å². The van der Waals surface area contributed by atoms with Crippen molar-refractivity contribution in [3.05, 3.63) is 29.8 Å². The van der Waals surface area contributed by atoms with Crippen LogP contribution in [0.1, 0.15) is 49.9 Å². The van der Waals surface area contributed by atoms with Crippen LogP contribution in [-0.2, 0) is 9.59 Å². The minimum absolute atomic E-state index is 0.0226. The fourth-order valence-electron chi connectivity index (χ4n) is 2.72. The Morgan fingerprint density at radius 2 is 1.56 bits per heavy atom. The normalized spacial score (nSPS) is 14.8. The summed E-state index contributed by atoms with van der Waals surface area (Å²) < 4.78 is 0. The van der Waals surface area contributed by atoms with Crippen LogP contribution in [0.2, 0.25) is 0 Å². The highest BCUT2D eigenvalue weighted by Crippen LogP contribution is 2.15. The Kier molecular flexibility index (Phi) is 6.98. The molecule has 1 aliphatic rings. The van der Waals surface area contributed by atoms with E-state index in [0.717, 1.165) is 25.9 Å². The number of amides is 3. The first kappa shape index (κ1) is 19.0. The van der Waals surface area contributed by atoms with E-state index in [0.29, 0.717) is 17.8 Å². The Morgan fingerprint density at radius 3 is 2.12 bits per heavy atom. The highest BCUT2D eigenvalue weighted by Gasteiger charge is 2.18. The van der Waals surface area contributed by atoms with Crippen LogP contribution >= 0.6 is 0 Å². The zero-order valence-electron chi connectivity index (χ0n) is 15.0. The molecule has 2 rings (SSSR count). The third-order valence-electron chi connectivity index (χ3n) is 4.16. The van der Waals surface area contributed by atoms with E-state index in [4.69, 9.17) is 0 Å². The third-order valence-corrected chi connectivity index (χ3v) is 4.16. The predicted octanol–water partition coefficient (Wildman–Crippen LogP) is 2.41. The summed E-state index contributed by atoms with van der Waals surface area (Å²) >= 11 is 0. The fourth-order valence-corrected chi connectivity index (χ4v) is 2.72. The Labute approximate surface area is 149 Å². The molecule has 1 fully saturated rings. The first-order valence-electron chi connectivity index (χ1n) is 8.96. The topological polar surface area (TPSA) is 78.5 Å². The van der Waals surface area contributed by atoms with Crippen molar-refractivity contribution >= 4 is 23.4 Å². The summed E-state index contributed by atoms with van der Waals surface area (Å²) in [6.45, 7) is 5.96. The molecule has 2 N–H and O–H groups in total. The van der Waals surface area contributed by atoms with E-state index in [1.165, 1.54) is 12.8 Å². The molecule has 3 amide bonds. The van der Waals surface area contributed by atoms with Crippen molar-refractivity contribution in [2.45, 2.75) is 39.5 Å². The average Bonchev–Trinajstić information content (AvgIpc) is 2.89. The summed E-state index contributed by atoms with van der Waals surface area (Å²) in [6.07, 6.45) is 4.44. The van der Waals surface area contributed by atoms with Gasteiger partial charge in [-0.15, -0.1) is 0 Å². The number of likely N-dealkylation sites (tertiary alicyclic amines) is 1. The number of carbonyl (C=O) groups is 3. The Bertz CT molecular complexity index is 603. The van der Waals surface area contributed by atoms with Gasteiger partial charge >= 0.3 is 11.8 Å². The van der Waals surface area contributed by atoms with Crippen LogP contribution in [0.15, 0.2) is 24.3 Å². The van der Waals surface area contributed by atoms with Crippen LogP contribution in [0, 0.1) is 5.92 Å². The molecular formula is C19H27N3O3. The quantitative estimate of drug-likeness (QED) is 0.823. The number of carbonyl (C=O) groups excluding carboxylic acids is 3. The first-order valence-corrected chi connectivity index (χ1v) is 8.96. The second-order valence-electron chi connectivity index (χ2n) is 6.84. The highest BCUT2D eigenvalue weighted by molar-refractivity contribution is 6.39. The van der Waals surface area contributed by atoms with Gasteiger partial charge in [-0.05, 0) is 43.0 Å². The fraction of sp³-hybridized carbons (Fsp3) is 0.526. The lowest BCUT2D eigenvalue weighted by Gasteiger charge is -2.20. The van der Waals surface area contributed by atoms with Crippen LogP contribution in [0.25, 0.3) is 0 Å². The molecule has 6 nitrogen and oxygen atoms in total. The van der Waals surface area contributed by atoms with Gasteiger partial charge in [0.1, 0.15) is 0 Å². The number of nitrogens with zero attached hydrogens (tertiary/aromatic N) is 1. The largest absolute Gasteiger partial charge is 0.348 e. The van der Waals surface area contributed by atoms with Gasteiger partial charge < -0.3 is 15.5 Å². The number of benzene rings is 1. The molecular weight excluding hydrogens is 318 g/mol. The predicted molar refractivity (Wildman–Crippen MR) is 97.3 cm³/mol. The van der Waals surface area contributed by atoms with Gasteiger partial charge in [-0.2, -0.15) is 0 Å². The molecule has 0 spiro atoms. The van der Waals surface area contributed by atoms with Crippen LogP contribution < -0.4 is 10.6 Å². The summed E-state index contributed by atoms with van der Waals surface area (Å²) in [4.78, 5) is 37.9. The van der Waals surface area contributed by atoms with Crippen molar-refractivity contribution in [1.82, 2.24) is 10.2 Å². The van der Waals surface area contributed by atoms with Gasteiger partial charge in [0.05, 0.1) is 0 Å². The molecule has 0 aliphatic carbocycles. The minimum atomic E-state index is -0.702. The number of nitrogens with one attached hydrogen (secondary N) is 2. The zero-order valence-corrected chi connectivity index (χ0v) is 15.0. The molecule has 0 unspecified atom stereocenters. The maximum Gasteiger partial charge on any atom is 0.313 e. The van der Waals surface area contributed by atoms with E-state index in [-0.39, 0.29) is 11.8 Å². The van der Waals surface area contributed by atoms with Gasteiger partial charge in [-0.1, -0.05) is 26.7 Å². The Hall–Kier alpha value is -2.37. The van der Waals surface area contributed by atoms with Crippen molar-refractivity contribution in [3.63, 3.8) is 0 Å². The molecule has 136 valence electrons. The maximum atomic E-state index is 12.5. The van der Waals surface area contributed by atoms with E-state index >= 15 is 0 Å². The lowest BCUT2D eigenvalue weighted by Crippen LogP contribution is -2.37. The second kappa shape index (κ2) is 9.20. The van der Waals surface area contributed by atoms with Gasteiger partial charge in [0, 0.05) is 30.9 Å². The van der Waals surface area contributed by atoms with Gasteiger partial charge in [0.25, 0.3) is 5.91 Å². The van der Waals surface area contributed by atoms with Gasteiger partial charge in [0.15, 0.2) is 0 Å². The number of hydrogen-bond acceptors (Lipinski definition) is 3. The van der Waals surface area contributed by atoms with Crippen LogP contribution in [0.3, 0.4) is 0 Å². The third kappa shape index (κ3) is 5.89. The summed E-state index contributed by atoms with van der Waals surface area (Å²) in [5.41, 5.74) is 1.10. The summed E-state index contributed by atoms with van der Waals surface area (Å²) in [6, 6.07) is 6.68. The van der Waals surface area contributed by atoms with E-state index in [1.807, 2.05) is 18.7 Å². The van der Waals surface area contributed by atoms with E-state index in [2.05, 4.69) is 10.6 Å². The van der Waals surface area contributed by atoms with Crippen molar-refractivity contribution in [3.8, 4) is 0 Å². The number of rotatable bonds is 4. The smallest absolute Gasteiger partial charge is 0.313 e. The maximum absolute atomic E-state index is 12.5. The summed E-state index contributed by atoms with van der Waals surface area (Å²) in [5, 5.41) is 5.11. The molecule has 1 aromatic rings. The molecule has 1 aromatic carbocycles. The van der Waals surface area contributed by atoms with Crippen LogP contribution in [0.4, 0.5) is 5.69 Å². The van der Waals surface area contributed by atoms with Crippen molar-refractivity contribution in [2.75, 3.05) is 25.0 Å². The summed E-state index contributed by atoms with van der Waals surface area (Å²) in [5.74, 6) is -1.05. The molecule has 0 bridgehead atoms. The average molecular weight is 345 g/mol. The molecule has 25 heavy (non-hydrogen) atoms. The standard InChI is InChI=1S/C19H27N3O3/c1-14(2)13-20-17(23)18(24)21-16-9-7-15(8-10-16)19(25)22-11-5-3-4-6-12-22/h7-10,14H,3-6,11-13H2,1-2H3,(H,20,23)(H,21,24). The molecule has 1 saturated heterocycles. The van der Waals surface area contributed by atoms with E-state index in [9.17, 15) is 14.4 Å².